The molecule has 120 valence electrons. The zero-order valence-electron chi connectivity index (χ0n) is 12.0. The fourth-order valence-corrected chi connectivity index (χ4v) is 3.67. The number of rotatable bonds is 6. The minimum atomic E-state index is -0.930. The molecule has 1 aromatic heterocycles. The molecule has 2 rings (SSSR count). The summed E-state index contributed by atoms with van der Waals surface area (Å²) >= 11 is 4.56. The van der Waals surface area contributed by atoms with Crippen molar-refractivity contribution >= 4 is 45.1 Å². The number of thiophene rings is 1. The zero-order valence-corrected chi connectivity index (χ0v) is 14.4. The molecule has 6 nitrogen and oxygen atoms in total. The topological polar surface area (TPSA) is 95.5 Å². The van der Waals surface area contributed by atoms with Crippen LogP contribution in [0.5, 0.6) is 0 Å². The van der Waals surface area contributed by atoms with E-state index in [9.17, 15) is 14.4 Å². The van der Waals surface area contributed by atoms with Crippen LogP contribution in [0.25, 0.3) is 0 Å². The third-order valence-electron chi connectivity index (χ3n) is 3.73. The predicted molar refractivity (Wildman–Crippen MR) is 85.9 cm³/mol. The van der Waals surface area contributed by atoms with Gasteiger partial charge in [0.25, 0.3) is 5.91 Å². The Labute approximate surface area is 140 Å². The average Bonchev–Trinajstić information content (AvgIpc) is 2.82. The van der Waals surface area contributed by atoms with Gasteiger partial charge in [0.15, 0.2) is 0 Å². The number of halogens is 1. The molecule has 1 heterocycles. The van der Waals surface area contributed by atoms with Gasteiger partial charge in [0.2, 0.25) is 5.91 Å². The van der Waals surface area contributed by atoms with E-state index in [2.05, 4.69) is 26.6 Å². The van der Waals surface area contributed by atoms with Crippen molar-refractivity contribution in [3.8, 4) is 0 Å². The van der Waals surface area contributed by atoms with Crippen molar-refractivity contribution in [3.05, 3.63) is 20.8 Å². The van der Waals surface area contributed by atoms with Gasteiger partial charge in [-0.2, -0.15) is 0 Å². The van der Waals surface area contributed by atoms with Crippen molar-refractivity contribution in [2.75, 3.05) is 0 Å². The van der Waals surface area contributed by atoms with Gasteiger partial charge in [-0.05, 0) is 54.2 Å². The first-order valence-electron chi connectivity index (χ1n) is 6.91. The SMILES string of the molecule is CC(NC(=O)c1ccc(Br)s1)C(=O)NC1(CC(=O)O)CCC1. The minimum Gasteiger partial charge on any atom is -0.481 e. The highest BCUT2D eigenvalue weighted by molar-refractivity contribution is 9.11. The van der Waals surface area contributed by atoms with E-state index in [1.54, 1.807) is 19.1 Å². The van der Waals surface area contributed by atoms with Gasteiger partial charge in [0, 0.05) is 0 Å². The van der Waals surface area contributed by atoms with Crippen molar-refractivity contribution in [1.82, 2.24) is 10.6 Å². The molecule has 0 aromatic carbocycles. The quantitative estimate of drug-likeness (QED) is 0.695. The fraction of sp³-hybridized carbons (Fsp3) is 0.500. The van der Waals surface area contributed by atoms with E-state index in [0.717, 1.165) is 10.2 Å². The van der Waals surface area contributed by atoms with Gasteiger partial charge in [-0.25, -0.2) is 0 Å². The van der Waals surface area contributed by atoms with Gasteiger partial charge < -0.3 is 15.7 Å². The number of carboxylic acid groups (broad SMARTS) is 1. The van der Waals surface area contributed by atoms with Crippen LogP contribution in [0.15, 0.2) is 15.9 Å². The van der Waals surface area contributed by atoms with E-state index >= 15 is 0 Å². The smallest absolute Gasteiger partial charge is 0.305 e. The maximum Gasteiger partial charge on any atom is 0.305 e. The maximum absolute atomic E-state index is 12.2. The molecule has 22 heavy (non-hydrogen) atoms. The van der Waals surface area contributed by atoms with E-state index < -0.39 is 17.6 Å². The van der Waals surface area contributed by atoms with E-state index in [1.165, 1.54) is 11.3 Å². The Bertz CT molecular complexity index is 597. The van der Waals surface area contributed by atoms with Crippen LogP contribution in [0.3, 0.4) is 0 Å². The number of carboxylic acids is 1. The van der Waals surface area contributed by atoms with E-state index in [0.29, 0.717) is 17.7 Å². The van der Waals surface area contributed by atoms with E-state index in [4.69, 9.17) is 5.11 Å². The second kappa shape index (κ2) is 6.78. The molecule has 0 saturated heterocycles. The lowest BCUT2D eigenvalue weighted by molar-refractivity contribution is -0.140. The van der Waals surface area contributed by atoms with Gasteiger partial charge >= 0.3 is 5.97 Å². The van der Waals surface area contributed by atoms with Crippen LogP contribution in [0.4, 0.5) is 0 Å². The van der Waals surface area contributed by atoms with Crippen LogP contribution in [0.1, 0.15) is 42.3 Å². The summed E-state index contributed by atoms with van der Waals surface area (Å²) in [4.78, 5) is 35.6. The molecular formula is C14H17BrN2O4S. The first-order valence-corrected chi connectivity index (χ1v) is 8.52. The molecule has 1 aromatic rings. The van der Waals surface area contributed by atoms with Crippen LogP contribution < -0.4 is 10.6 Å². The number of carbonyl (C=O) groups is 3. The fourth-order valence-electron chi connectivity index (χ4n) is 2.38. The Morgan fingerprint density at radius 1 is 1.41 bits per heavy atom. The third kappa shape index (κ3) is 4.07. The molecule has 8 heteroatoms. The van der Waals surface area contributed by atoms with Gasteiger partial charge in [-0.15, -0.1) is 11.3 Å². The Kier molecular flexibility index (Phi) is 5.23. The molecule has 0 spiro atoms. The van der Waals surface area contributed by atoms with Crippen molar-refractivity contribution < 1.29 is 19.5 Å². The van der Waals surface area contributed by atoms with Crippen molar-refractivity contribution in [3.63, 3.8) is 0 Å². The minimum absolute atomic E-state index is 0.0860. The molecule has 0 aliphatic heterocycles. The molecule has 1 unspecified atom stereocenters. The summed E-state index contributed by atoms with van der Waals surface area (Å²) < 4.78 is 0.838. The predicted octanol–water partition coefficient (Wildman–Crippen LogP) is 2.14. The van der Waals surface area contributed by atoms with Crippen LogP contribution in [-0.2, 0) is 9.59 Å². The first kappa shape index (κ1) is 17.0. The van der Waals surface area contributed by atoms with Gasteiger partial charge in [-0.1, -0.05) is 0 Å². The van der Waals surface area contributed by atoms with Gasteiger partial charge in [0.05, 0.1) is 20.6 Å². The highest BCUT2D eigenvalue weighted by atomic mass is 79.9. The number of carbonyl (C=O) groups excluding carboxylic acids is 2. The lowest BCUT2D eigenvalue weighted by Gasteiger charge is -2.42. The Hall–Kier alpha value is -1.41. The standard InChI is InChI=1S/C14H17BrN2O4S/c1-8(16-13(21)9-3-4-10(15)22-9)12(20)17-14(5-2-6-14)7-11(18)19/h3-4,8H,2,5-7H2,1H3,(H,16,21)(H,17,20)(H,18,19). The Morgan fingerprint density at radius 3 is 2.55 bits per heavy atom. The molecule has 1 saturated carbocycles. The lowest BCUT2D eigenvalue weighted by atomic mass is 9.74. The third-order valence-corrected chi connectivity index (χ3v) is 5.35. The monoisotopic (exact) mass is 388 g/mol. The first-order chi connectivity index (χ1) is 10.3. The highest BCUT2D eigenvalue weighted by Crippen LogP contribution is 2.35. The van der Waals surface area contributed by atoms with Crippen molar-refractivity contribution in [2.24, 2.45) is 0 Å². The van der Waals surface area contributed by atoms with Gasteiger partial charge in [0.1, 0.15) is 6.04 Å². The van der Waals surface area contributed by atoms with Crippen LogP contribution in [0.2, 0.25) is 0 Å². The van der Waals surface area contributed by atoms with E-state index in [1.807, 2.05) is 0 Å². The number of hydrogen-bond acceptors (Lipinski definition) is 4. The Morgan fingerprint density at radius 2 is 2.09 bits per heavy atom. The molecule has 1 aliphatic rings. The normalized spacial score (nSPS) is 17.2. The summed E-state index contributed by atoms with van der Waals surface area (Å²) in [6.07, 6.45) is 2.13. The molecule has 1 atom stereocenters. The average molecular weight is 389 g/mol. The number of aliphatic carboxylic acids is 1. The van der Waals surface area contributed by atoms with Crippen LogP contribution in [0, 0.1) is 0 Å². The summed E-state index contributed by atoms with van der Waals surface area (Å²) in [6.45, 7) is 1.59. The van der Waals surface area contributed by atoms with Gasteiger partial charge in [-0.3, -0.25) is 14.4 Å². The van der Waals surface area contributed by atoms with Crippen molar-refractivity contribution in [2.45, 2.75) is 44.2 Å². The molecular weight excluding hydrogens is 372 g/mol. The number of hydrogen-bond donors (Lipinski definition) is 3. The second-order valence-electron chi connectivity index (χ2n) is 5.49. The number of nitrogens with one attached hydrogen (secondary N) is 2. The molecule has 1 aliphatic carbocycles. The van der Waals surface area contributed by atoms with E-state index in [-0.39, 0.29) is 18.2 Å². The van der Waals surface area contributed by atoms with Crippen LogP contribution in [-0.4, -0.2) is 34.5 Å². The Balaban J connectivity index is 1.91. The summed E-state index contributed by atoms with van der Waals surface area (Å²) in [5.41, 5.74) is -0.659. The summed E-state index contributed by atoms with van der Waals surface area (Å²) in [5, 5.41) is 14.3. The highest BCUT2D eigenvalue weighted by Gasteiger charge is 2.41. The van der Waals surface area contributed by atoms with Crippen molar-refractivity contribution in [1.29, 1.82) is 0 Å². The largest absolute Gasteiger partial charge is 0.481 e. The molecule has 1 fully saturated rings. The summed E-state index contributed by atoms with van der Waals surface area (Å²) in [7, 11) is 0. The van der Waals surface area contributed by atoms with Crippen LogP contribution >= 0.6 is 27.3 Å². The summed E-state index contributed by atoms with van der Waals surface area (Å²) in [6, 6.07) is 2.72. The molecule has 3 N–H and O–H groups in total. The lowest BCUT2D eigenvalue weighted by Crippen LogP contribution is -2.58. The molecule has 2 amide bonds. The second-order valence-corrected chi connectivity index (χ2v) is 7.96. The maximum atomic E-state index is 12.2. The number of amides is 2. The summed E-state index contributed by atoms with van der Waals surface area (Å²) in [5.74, 6) is -1.61. The molecule has 0 radical (unpaired) electrons. The zero-order chi connectivity index (χ0) is 16.3. The molecule has 0 bridgehead atoms.